The zero-order chi connectivity index (χ0) is 9.84. The number of aryl methyl sites for hydroxylation is 2. The third-order valence-electron chi connectivity index (χ3n) is 2.91. The molecule has 0 saturated heterocycles. The maximum atomic E-state index is 2.30. The lowest BCUT2D eigenvalue weighted by atomic mass is 9.95. The maximum Gasteiger partial charge on any atom is -0.0279 e. The highest BCUT2D eigenvalue weighted by atomic mass is 14.1. The summed E-state index contributed by atoms with van der Waals surface area (Å²) in [6, 6.07) is 4.58. The fourth-order valence-electron chi connectivity index (χ4n) is 1.86. The normalized spacial score (nSPS) is 10.5. The molecule has 1 rings (SSSR count). The van der Waals surface area contributed by atoms with Crippen LogP contribution in [0, 0.1) is 13.8 Å². The summed E-state index contributed by atoms with van der Waals surface area (Å²) in [6.45, 7) is 8.95. The van der Waals surface area contributed by atoms with Gasteiger partial charge in [0, 0.05) is 0 Å². The van der Waals surface area contributed by atoms with Crippen LogP contribution in [0.1, 0.15) is 42.5 Å². The fourth-order valence-corrected chi connectivity index (χ4v) is 1.86. The molecule has 0 nitrogen and oxygen atoms in total. The molecule has 0 bridgehead atoms. The summed E-state index contributed by atoms with van der Waals surface area (Å²) in [6.07, 6.45) is 3.61. The van der Waals surface area contributed by atoms with E-state index in [0.717, 1.165) is 6.42 Å². The first-order chi connectivity index (χ1) is 6.20. The molecular weight excluding hydrogens is 156 g/mol. The average molecular weight is 176 g/mol. The van der Waals surface area contributed by atoms with E-state index >= 15 is 0 Å². The standard InChI is InChI=1S/C13H20/c1-5-7-13-9-8-12(6-2)10(3)11(13)4/h8-9H,5-7H2,1-4H3. The minimum Gasteiger partial charge on any atom is -0.0651 e. The number of benzene rings is 1. The van der Waals surface area contributed by atoms with E-state index in [1.807, 2.05) is 0 Å². The van der Waals surface area contributed by atoms with Crippen LogP contribution in [0.2, 0.25) is 0 Å². The smallest absolute Gasteiger partial charge is 0.0279 e. The lowest BCUT2D eigenvalue weighted by Gasteiger charge is -2.11. The van der Waals surface area contributed by atoms with Gasteiger partial charge in [-0.2, -0.15) is 0 Å². The molecule has 0 radical (unpaired) electrons. The molecule has 1 aromatic rings. The van der Waals surface area contributed by atoms with E-state index in [1.165, 1.54) is 35.1 Å². The van der Waals surface area contributed by atoms with Crippen LogP contribution in [0.4, 0.5) is 0 Å². The Hall–Kier alpha value is -0.780. The zero-order valence-corrected chi connectivity index (χ0v) is 9.28. The van der Waals surface area contributed by atoms with Crippen molar-refractivity contribution < 1.29 is 0 Å². The van der Waals surface area contributed by atoms with Crippen molar-refractivity contribution in [3.8, 4) is 0 Å². The van der Waals surface area contributed by atoms with Crippen molar-refractivity contribution in [2.45, 2.75) is 47.0 Å². The molecule has 0 fully saturated rings. The molecule has 0 heteroatoms. The molecule has 0 atom stereocenters. The van der Waals surface area contributed by atoms with Gasteiger partial charge in [-0.05, 0) is 48.9 Å². The van der Waals surface area contributed by atoms with Crippen LogP contribution in [0.5, 0.6) is 0 Å². The van der Waals surface area contributed by atoms with Gasteiger partial charge in [0.05, 0.1) is 0 Å². The molecule has 1 aromatic carbocycles. The molecular formula is C13H20. The number of hydrogen-bond acceptors (Lipinski definition) is 0. The Balaban J connectivity index is 3.07. The van der Waals surface area contributed by atoms with Crippen LogP contribution in [0.15, 0.2) is 12.1 Å². The SMILES string of the molecule is CCCc1ccc(CC)c(C)c1C. The molecule has 0 aliphatic rings. The summed E-state index contributed by atoms with van der Waals surface area (Å²) in [5.41, 5.74) is 6.02. The summed E-state index contributed by atoms with van der Waals surface area (Å²) >= 11 is 0. The van der Waals surface area contributed by atoms with Crippen LogP contribution >= 0.6 is 0 Å². The van der Waals surface area contributed by atoms with E-state index in [0.29, 0.717) is 0 Å². The largest absolute Gasteiger partial charge is 0.0651 e. The monoisotopic (exact) mass is 176 g/mol. The van der Waals surface area contributed by atoms with Crippen molar-refractivity contribution >= 4 is 0 Å². The zero-order valence-electron chi connectivity index (χ0n) is 9.28. The van der Waals surface area contributed by atoms with Gasteiger partial charge in [0.25, 0.3) is 0 Å². The Morgan fingerprint density at radius 2 is 1.46 bits per heavy atom. The molecule has 0 amide bonds. The van der Waals surface area contributed by atoms with Gasteiger partial charge in [-0.1, -0.05) is 32.4 Å². The lowest BCUT2D eigenvalue weighted by Crippen LogP contribution is -1.96. The highest BCUT2D eigenvalue weighted by Gasteiger charge is 2.03. The summed E-state index contributed by atoms with van der Waals surface area (Å²) in [5, 5.41) is 0. The third kappa shape index (κ3) is 2.12. The van der Waals surface area contributed by atoms with Gasteiger partial charge in [0.1, 0.15) is 0 Å². The van der Waals surface area contributed by atoms with Gasteiger partial charge in [0.15, 0.2) is 0 Å². The number of rotatable bonds is 3. The molecule has 0 aliphatic heterocycles. The van der Waals surface area contributed by atoms with Crippen LogP contribution in [0.3, 0.4) is 0 Å². The van der Waals surface area contributed by atoms with Crippen LogP contribution < -0.4 is 0 Å². The van der Waals surface area contributed by atoms with Gasteiger partial charge < -0.3 is 0 Å². The van der Waals surface area contributed by atoms with E-state index in [2.05, 4.69) is 39.8 Å². The van der Waals surface area contributed by atoms with Crippen molar-refractivity contribution in [3.63, 3.8) is 0 Å². The van der Waals surface area contributed by atoms with Gasteiger partial charge in [-0.3, -0.25) is 0 Å². The topological polar surface area (TPSA) is 0 Å². The fraction of sp³-hybridized carbons (Fsp3) is 0.538. The molecule has 0 saturated carbocycles. The van der Waals surface area contributed by atoms with Crippen molar-refractivity contribution in [2.75, 3.05) is 0 Å². The Kier molecular flexibility index (Phi) is 3.53. The molecule has 0 heterocycles. The molecule has 0 N–H and O–H groups in total. The van der Waals surface area contributed by atoms with Gasteiger partial charge in [0.2, 0.25) is 0 Å². The molecule has 72 valence electrons. The summed E-state index contributed by atoms with van der Waals surface area (Å²) in [7, 11) is 0. The molecule has 0 aliphatic carbocycles. The molecule has 0 spiro atoms. The summed E-state index contributed by atoms with van der Waals surface area (Å²) in [5.74, 6) is 0. The predicted molar refractivity (Wildman–Crippen MR) is 59.3 cm³/mol. The minimum atomic E-state index is 1.15. The molecule has 0 unspecified atom stereocenters. The minimum absolute atomic E-state index is 1.15. The van der Waals surface area contributed by atoms with Crippen LogP contribution in [0.25, 0.3) is 0 Å². The number of hydrogen-bond donors (Lipinski definition) is 0. The van der Waals surface area contributed by atoms with E-state index in [-0.39, 0.29) is 0 Å². The van der Waals surface area contributed by atoms with Gasteiger partial charge >= 0.3 is 0 Å². The second-order valence-corrected chi connectivity index (χ2v) is 3.74. The van der Waals surface area contributed by atoms with Crippen LogP contribution in [-0.4, -0.2) is 0 Å². The van der Waals surface area contributed by atoms with E-state index in [1.54, 1.807) is 0 Å². The first kappa shape index (κ1) is 10.3. The van der Waals surface area contributed by atoms with Gasteiger partial charge in [-0.15, -0.1) is 0 Å². The van der Waals surface area contributed by atoms with E-state index in [9.17, 15) is 0 Å². The second-order valence-electron chi connectivity index (χ2n) is 3.74. The van der Waals surface area contributed by atoms with Crippen molar-refractivity contribution in [1.29, 1.82) is 0 Å². The van der Waals surface area contributed by atoms with E-state index < -0.39 is 0 Å². The Morgan fingerprint density at radius 3 is 2.00 bits per heavy atom. The first-order valence-electron chi connectivity index (χ1n) is 5.28. The predicted octanol–water partition coefficient (Wildman–Crippen LogP) is 3.82. The highest BCUT2D eigenvalue weighted by Crippen LogP contribution is 2.19. The molecule has 13 heavy (non-hydrogen) atoms. The van der Waals surface area contributed by atoms with Crippen LogP contribution in [-0.2, 0) is 12.8 Å². The Labute approximate surface area is 82.0 Å². The summed E-state index contributed by atoms with van der Waals surface area (Å²) < 4.78 is 0. The maximum absolute atomic E-state index is 2.30. The average Bonchev–Trinajstić information content (AvgIpc) is 2.14. The van der Waals surface area contributed by atoms with Crippen molar-refractivity contribution in [1.82, 2.24) is 0 Å². The molecule has 0 aromatic heterocycles. The third-order valence-corrected chi connectivity index (χ3v) is 2.91. The quantitative estimate of drug-likeness (QED) is 0.657. The Morgan fingerprint density at radius 1 is 0.923 bits per heavy atom. The van der Waals surface area contributed by atoms with E-state index in [4.69, 9.17) is 0 Å². The Bertz CT molecular complexity index is 284. The van der Waals surface area contributed by atoms with Crippen molar-refractivity contribution in [3.05, 3.63) is 34.4 Å². The summed E-state index contributed by atoms with van der Waals surface area (Å²) in [4.78, 5) is 0. The van der Waals surface area contributed by atoms with Crippen molar-refractivity contribution in [2.24, 2.45) is 0 Å². The van der Waals surface area contributed by atoms with Gasteiger partial charge in [-0.25, -0.2) is 0 Å². The highest BCUT2D eigenvalue weighted by molar-refractivity contribution is 5.39. The second kappa shape index (κ2) is 4.45. The first-order valence-corrected chi connectivity index (χ1v) is 5.28. The lowest BCUT2D eigenvalue weighted by molar-refractivity contribution is 0.905.